The summed E-state index contributed by atoms with van der Waals surface area (Å²) in [6.45, 7) is 2.69. The van der Waals surface area contributed by atoms with Crippen molar-refractivity contribution in [2.45, 2.75) is 44.1 Å². The number of para-hydroxylation sites is 1. The lowest BCUT2D eigenvalue weighted by atomic mass is 9.88. The molecule has 2 aromatic carbocycles. The number of ether oxygens (including phenoxy) is 1. The van der Waals surface area contributed by atoms with Crippen LogP contribution < -0.4 is 4.74 Å². The number of ketones is 1. The Bertz CT molecular complexity index is 886. The van der Waals surface area contributed by atoms with E-state index < -0.39 is 24.4 Å². The number of rotatable bonds is 9. The van der Waals surface area contributed by atoms with Crippen molar-refractivity contribution < 1.29 is 28.2 Å². The predicted octanol–water partition coefficient (Wildman–Crippen LogP) is 4.63. The summed E-state index contributed by atoms with van der Waals surface area (Å²) >= 11 is 0. The van der Waals surface area contributed by atoms with E-state index in [0.717, 1.165) is 5.56 Å². The van der Waals surface area contributed by atoms with Gasteiger partial charge in [0.2, 0.25) is 0 Å². The van der Waals surface area contributed by atoms with Gasteiger partial charge in [0.1, 0.15) is 12.4 Å². The molecule has 166 valence electrons. The van der Waals surface area contributed by atoms with Gasteiger partial charge in [-0.2, -0.15) is 0 Å². The largest absolute Gasteiger partial charge is 0.492 e. The number of hydrogen-bond donors (Lipinski definition) is 1. The van der Waals surface area contributed by atoms with Crippen LogP contribution in [0.1, 0.15) is 48.0 Å². The van der Waals surface area contributed by atoms with E-state index in [1.165, 1.54) is 12.1 Å². The Morgan fingerprint density at radius 3 is 2.48 bits per heavy atom. The zero-order chi connectivity index (χ0) is 22.4. The van der Waals surface area contributed by atoms with Gasteiger partial charge in [-0.15, -0.1) is 0 Å². The number of piperidine rings is 1. The second kappa shape index (κ2) is 10.0. The number of carboxylic acid groups (broad SMARTS) is 1. The highest BCUT2D eigenvalue weighted by atomic mass is 19.3. The Hall–Kier alpha value is -2.80. The van der Waals surface area contributed by atoms with Gasteiger partial charge in [0, 0.05) is 32.4 Å². The van der Waals surface area contributed by atoms with Gasteiger partial charge in [-0.3, -0.25) is 9.69 Å². The summed E-state index contributed by atoms with van der Waals surface area (Å²) in [6.07, 6.45) is -0.640. The predicted molar refractivity (Wildman–Crippen MR) is 113 cm³/mol. The zero-order valence-electron chi connectivity index (χ0n) is 17.5. The Labute approximate surface area is 180 Å². The zero-order valence-corrected chi connectivity index (χ0v) is 17.5. The normalized spacial score (nSPS) is 19.5. The highest BCUT2D eigenvalue weighted by Crippen LogP contribution is 2.33. The number of carbonyl (C=O) groups excluding carboxylic acids is 1. The van der Waals surface area contributed by atoms with E-state index in [9.17, 15) is 18.4 Å². The Morgan fingerprint density at radius 1 is 1.16 bits per heavy atom. The summed E-state index contributed by atoms with van der Waals surface area (Å²) in [4.78, 5) is 25.8. The van der Waals surface area contributed by atoms with E-state index in [1.807, 2.05) is 37.3 Å². The quantitative estimate of drug-likeness (QED) is 0.627. The van der Waals surface area contributed by atoms with Gasteiger partial charge in [0.05, 0.1) is 11.6 Å². The molecule has 1 aliphatic rings. The molecule has 7 heteroatoms. The topological polar surface area (TPSA) is 66.8 Å². The molecular weight excluding hydrogens is 404 g/mol. The molecule has 2 aromatic rings. The fraction of sp³-hybridized carbons (Fsp3) is 0.417. The monoisotopic (exact) mass is 431 g/mol. The average Bonchev–Trinajstić information content (AvgIpc) is 2.75. The van der Waals surface area contributed by atoms with Gasteiger partial charge in [-0.1, -0.05) is 37.3 Å². The number of alkyl halides is 2. The number of benzene rings is 2. The maximum Gasteiger partial charge on any atom is 0.335 e. The molecule has 0 unspecified atom stereocenters. The van der Waals surface area contributed by atoms with Gasteiger partial charge in [0.25, 0.3) is 5.92 Å². The Kier molecular flexibility index (Phi) is 7.38. The molecule has 0 spiro atoms. The van der Waals surface area contributed by atoms with Crippen molar-refractivity contribution >= 4 is 11.8 Å². The van der Waals surface area contributed by atoms with Crippen LogP contribution in [-0.4, -0.2) is 53.4 Å². The summed E-state index contributed by atoms with van der Waals surface area (Å²) in [5.74, 6) is -3.61. The van der Waals surface area contributed by atoms with Crippen molar-refractivity contribution in [1.82, 2.24) is 4.90 Å². The molecule has 1 heterocycles. The fourth-order valence-electron chi connectivity index (χ4n) is 3.87. The first-order valence-corrected chi connectivity index (χ1v) is 10.4. The summed E-state index contributed by atoms with van der Waals surface area (Å²) in [5.41, 5.74) is 0.971. The highest BCUT2D eigenvalue weighted by molar-refractivity contribution is 5.87. The molecule has 31 heavy (non-hydrogen) atoms. The van der Waals surface area contributed by atoms with Gasteiger partial charge in [-0.05, 0) is 35.7 Å². The fourth-order valence-corrected chi connectivity index (χ4v) is 3.87. The number of likely N-dealkylation sites (tertiary alicyclic amines) is 1. The molecule has 0 aromatic heterocycles. The SMILES string of the molecule is C[C@H](CC(=O)[C@@H]1CC(F)(F)CCN1CCOc1ccccc1)c1ccc(C(=O)O)cc1. The lowest BCUT2D eigenvalue weighted by molar-refractivity contribution is -0.136. The van der Waals surface area contributed by atoms with Crippen molar-refractivity contribution in [3.8, 4) is 5.75 Å². The maximum atomic E-state index is 14.1. The smallest absolute Gasteiger partial charge is 0.335 e. The minimum atomic E-state index is -2.86. The van der Waals surface area contributed by atoms with Crippen LogP contribution in [0.25, 0.3) is 0 Å². The van der Waals surface area contributed by atoms with Crippen molar-refractivity contribution in [3.63, 3.8) is 0 Å². The van der Waals surface area contributed by atoms with Crippen LogP contribution in [0.2, 0.25) is 0 Å². The Morgan fingerprint density at radius 2 is 1.84 bits per heavy atom. The number of Topliss-reactive ketones (excluding diaryl/α,β-unsaturated/α-hetero) is 1. The molecule has 0 radical (unpaired) electrons. The molecule has 1 fully saturated rings. The highest BCUT2D eigenvalue weighted by Gasteiger charge is 2.43. The van der Waals surface area contributed by atoms with Crippen LogP contribution in [0, 0.1) is 0 Å². The first-order valence-electron chi connectivity index (χ1n) is 10.4. The number of nitrogens with zero attached hydrogens (tertiary/aromatic N) is 1. The molecule has 1 saturated heterocycles. The molecule has 3 rings (SSSR count). The van der Waals surface area contributed by atoms with Crippen molar-refractivity contribution in [2.75, 3.05) is 19.7 Å². The number of carboxylic acids is 1. The van der Waals surface area contributed by atoms with E-state index >= 15 is 0 Å². The number of aromatic carboxylic acids is 1. The molecule has 5 nitrogen and oxygen atoms in total. The molecule has 0 amide bonds. The molecule has 0 saturated carbocycles. The van der Waals surface area contributed by atoms with Crippen molar-refractivity contribution in [3.05, 3.63) is 65.7 Å². The van der Waals surface area contributed by atoms with E-state index in [-0.39, 0.29) is 36.7 Å². The maximum absolute atomic E-state index is 14.1. The number of hydrogen-bond acceptors (Lipinski definition) is 4. The van der Waals surface area contributed by atoms with Crippen LogP contribution in [0.4, 0.5) is 8.78 Å². The third kappa shape index (κ3) is 6.34. The summed E-state index contributed by atoms with van der Waals surface area (Å²) < 4.78 is 33.9. The average molecular weight is 431 g/mol. The van der Waals surface area contributed by atoms with Crippen molar-refractivity contribution in [1.29, 1.82) is 0 Å². The van der Waals surface area contributed by atoms with E-state index in [4.69, 9.17) is 9.84 Å². The lowest BCUT2D eigenvalue weighted by Gasteiger charge is -2.38. The number of carbonyl (C=O) groups is 2. The van der Waals surface area contributed by atoms with Crippen LogP contribution in [-0.2, 0) is 4.79 Å². The van der Waals surface area contributed by atoms with E-state index in [1.54, 1.807) is 17.0 Å². The standard InChI is InChI=1S/C24H27F2NO4/c1-17(18-7-9-19(10-8-18)23(29)30)15-22(28)21-16-24(25,26)11-12-27(21)13-14-31-20-5-3-2-4-6-20/h2-10,17,21H,11-16H2,1H3,(H,29,30)/t17-,21+/m1/s1. The van der Waals surface area contributed by atoms with Gasteiger partial charge in [-0.25, -0.2) is 13.6 Å². The second-order valence-electron chi connectivity index (χ2n) is 8.02. The summed E-state index contributed by atoms with van der Waals surface area (Å²) in [6, 6.07) is 14.7. The van der Waals surface area contributed by atoms with Crippen LogP contribution in [0.5, 0.6) is 5.75 Å². The molecular formula is C24H27F2NO4. The van der Waals surface area contributed by atoms with E-state index in [2.05, 4.69) is 0 Å². The molecule has 0 bridgehead atoms. The van der Waals surface area contributed by atoms with Crippen LogP contribution in [0.15, 0.2) is 54.6 Å². The third-order valence-corrected chi connectivity index (χ3v) is 5.69. The first-order chi connectivity index (χ1) is 14.7. The molecule has 0 aliphatic carbocycles. The van der Waals surface area contributed by atoms with E-state index in [0.29, 0.717) is 18.9 Å². The van der Waals surface area contributed by atoms with Crippen LogP contribution in [0.3, 0.4) is 0 Å². The van der Waals surface area contributed by atoms with Gasteiger partial charge >= 0.3 is 5.97 Å². The lowest BCUT2D eigenvalue weighted by Crippen LogP contribution is -2.52. The summed E-state index contributed by atoms with van der Waals surface area (Å²) in [5, 5.41) is 9.01. The minimum Gasteiger partial charge on any atom is -0.492 e. The first kappa shape index (κ1) is 22.9. The molecule has 2 atom stereocenters. The number of halogens is 2. The molecule has 1 N–H and O–H groups in total. The third-order valence-electron chi connectivity index (χ3n) is 5.69. The van der Waals surface area contributed by atoms with Crippen molar-refractivity contribution in [2.24, 2.45) is 0 Å². The Balaban J connectivity index is 1.62. The summed E-state index contributed by atoms with van der Waals surface area (Å²) in [7, 11) is 0. The second-order valence-corrected chi connectivity index (χ2v) is 8.02. The van der Waals surface area contributed by atoms with Gasteiger partial charge < -0.3 is 9.84 Å². The van der Waals surface area contributed by atoms with Crippen LogP contribution >= 0.6 is 0 Å². The minimum absolute atomic E-state index is 0.114. The molecule has 1 aliphatic heterocycles. The van der Waals surface area contributed by atoms with Gasteiger partial charge in [0.15, 0.2) is 5.78 Å².